The van der Waals surface area contributed by atoms with Crippen LogP contribution in [0.15, 0.2) is 58.8 Å². The van der Waals surface area contributed by atoms with Crippen molar-refractivity contribution in [2.45, 2.75) is 17.5 Å². The van der Waals surface area contributed by atoms with Gasteiger partial charge >= 0.3 is 12.0 Å². The molecule has 1 fully saturated rings. The van der Waals surface area contributed by atoms with Crippen molar-refractivity contribution in [3.63, 3.8) is 0 Å². The number of rotatable bonds is 9. The number of carboxylic acid groups (broad SMARTS) is 1. The van der Waals surface area contributed by atoms with Crippen molar-refractivity contribution >= 4 is 64.3 Å². The Bertz CT molecular complexity index is 1800. The zero-order valence-electron chi connectivity index (χ0n) is 22.5. The molecule has 2 aromatic heterocycles. The Morgan fingerprint density at radius 2 is 1.91 bits per heavy atom. The molecule has 0 bridgehead atoms. The molecule has 2 aliphatic rings. The van der Waals surface area contributed by atoms with E-state index in [9.17, 15) is 33.9 Å². The summed E-state index contributed by atoms with van der Waals surface area (Å²) in [5.41, 5.74) is 4.68. The van der Waals surface area contributed by atoms with E-state index in [-0.39, 0.29) is 38.8 Å². The van der Waals surface area contributed by atoms with Gasteiger partial charge in [-0.05, 0) is 28.1 Å². The fraction of sp³-hybridized carbons (Fsp3) is 0.200. The fourth-order valence-electron chi connectivity index (χ4n) is 4.59. The number of urea groups is 1. The maximum atomic E-state index is 13.6. The number of fused-ring (bicyclic) bond motifs is 1. The van der Waals surface area contributed by atoms with Gasteiger partial charge in [-0.15, -0.1) is 16.9 Å². The number of carboxylic acids is 1. The van der Waals surface area contributed by atoms with E-state index in [1.54, 1.807) is 0 Å². The Labute approximate surface area is 256 Å². The number of benzene rings is 1. The van der Waals surface area contributed by atoms with Crippen molar-refractivity contribution in [1.82, 2.24) is 40.7 Å². The third kappa shape index (κ3) is 5.64. The number of thiocarbonyl (C=S) groups is 1. The number of anilines is 1. The van der Waals surface area contributed by atoms with Gasteiger partial charge in [-0.25, -0.2) is 14.3 Å². The highest BCUT2D eigenvalue weighted by molar-refractivity contribution is 8.00. The monoisotopic (exact) mass is 638 g/mol. The smallest absolute Gasteiger partial charge is 0.353 e. The topological polar surface area (TPSA) is 247 Å². The fourth-order valence-corrected chi connectivity index (χ4v) is 6.38. The van der Waals surface area contributed by atoms with Gasteiger partial charge < -0.3 is 31.8 Å². The number of β-lactam (4-membered cyclic amide) rings is 1. The number of aromatic nitrogens is 5. The summed E-state index contributed by atoms with van der Waals surface area (Å²) in [6.45, 7) is 0. The van der Waals surface area contributed by atoms with Crippen LogP contribution in [0.3, 0.4) is 0 Å². The van der Waals surface area contributed by atoms with Gasteiger partial charge in [0.1, 0.15) is 28.7 Å². The summed E-state index contributed by atoms with van der Waals surface area (Å²) in [6, 6.07) is 3.54. The highest BCUT2D eigenvalue weighted by atomic mass is 32.2. The van der Waals surface area contributed by atoms with Gasteiger partial charge in [0, 0.05) is 42.5 Å². The SMILES string of the molecule is Cn1nnnc1C(=S)C1=C(C(=O)O)N2C(=O)C(NC(=O)C(NC(=O)c3c[nH]ccc3=O)c3ccc(NC(N)=O)cc3)[C@@H]2SC1. The van der Waals surface area contributed by atoms with Crippen molar-refractivity contribution in [3.05, 3.63) is 81.2 Å². The van der Waals surface area contributed by atoms with Crippen LogP contribution in [-0.4, -0.2) is 87.0 Å². The highest BCUT2D eigenvalue weighted by Crippen LogP contribution is 2.41. The Morgan fingerprint density at radius 1 is 1.18 bits per heavy atom. The minimum Gasteiger partial charge on any atom is -0.477 e. The average Bonchev–Trinajstić information content (AvgIpc) is 3.43. The van der Waals surface area contributed by atoms with Crippen LogP contribution < -0.4 is 27.1 Å². The van der Waals surface area contributed by atoms with E-state index in [1.807, 2.05) is 0 Å². The van der Waals surface area contributed by atoms with Crippen LogP contribution in [0.25, 0.3) is 0 Å². The molecule has 0 aliphatic carbocycles. The Kier molecular flexibility index (Phi) is 8.23. The number of aryl methyl sites for hydroxylation is 1. The molecule has 1 saturated heterocycles. The Hall–Kier alpha value is -5.43. The molecule has 44 heavy (non-hydrogen) atoms. The lowest BCUT2D eigenvalue weighted by molar-refractivity contribution is -0.150. The van der Waals surface area contributed by atoms with Gasteiger partial charge in [0.2, 0.25) is 5.91 Å². The van der Waals surface area contributed by atoms with Crippen molar-refractivity contribution in [2.24, 2.45) is 12.8 Å². The second-order valence-electron chi connectivity index (χ2n) is 9.42. The number of carbonyl (C=O) groups is 5. The standard InChI is InChI=1S/C25H22N10O7S2/c1-34-19(31-32-33-34)18(43)13-9-44-23-16(22(39)35(23)17(13)24(40)41)30-21(38)15(10-2-4-11(5-3-10)28-25(26)42)29-20(37)12-8-27-7-6-14(12)36/h2-8,15-16,23H,9H2,1H3,(H,27,36)(H,29,37)(H,30,38)(H,40,41)(H3,26,28,42)/t15?,16?,23-/m0/s1. The quantitative estimate of drug-likeness (QED) is 0.0940. The van der Waals surface area contributed by atoms with Crippen molar-refractivity contribution in [1.29, 1.82) is 0 Å². The van der Waals surface area contributed by atoms with Gasteiger partial charge in [-0.3, -0.25) is 24.1 Å². The summed E-state index contributed by atoms with van der Waals surface area (Å²) in [6.07, 6.45) is 2.52. The van der Waals surface area contributed by atoms with E-state index in [4.69, 9.17) is 18.0 Å². The summed E-state index contributed by atoms with van der Waals surface area (Å²) in [5, 5.41) is 27.7. The number of amides is 5. The Balaban J connectivity index is 1.40. The number of primary amides is 1. The first-order chi connectivity index (χ1) is 21.0. The maximum absolute atomic E-state index is 13.6. The molecule has 0 saturated carbocycles. The van der Waals surface area contributed by atoms with Crippen LogP contribution in [0.2, 0.25) is 0 Å². The number of hydrogen-bond acceptors (Lipinski definition) is 11. The molecular formula is C25H22N10O7S2. The number of H-pyrrole nitrogens is 1. The molecule has 1 aromatic carbocycles. The third-order valence-electron chi connectivity index (χ3n) is 6.68. The van der Waals surface area contributed by atoms with E-state index >= 15 is 0 Å². The Morgan fingerprint density at radius 3 is 2.52 bits per heavy atom. The highest BCUT2D eigenvalue weighted by Gasteiger charge is 2.55. The van der Waals surface area contributed by atoms with Gasteiger partial charge in [0.25, 0.3) is 11.8 Å². The number of carbonyl (C=O) groups excluding carboxylic acids is 4. The van der Waals surface area contributed by atoms with Crippen LogP contribution in [0.5, 0.6) is 0 Å². The molecule has 0 radical (unpaired) electrons. The summed E-state index contributed by atoms with van der Waals surface area (Å²) < 4.78 is 1.28. The summed E-state index contributed by atoms with van der Waals surface area (Å²) in [7, 11) is 1.53. The summed E-state index contributed by atoms with van der Waals surface area (Å²) in [4.78, 5) is 79.3. The van der Waals surface area contributed by atoms with Gasteiger partial charge in [0.15, 0.2) is 11.3 Å². The van der Waals surface area contributed by atoms with E-state index in [0.717, 1.165) is 11.0 Å². The molecule has 19 heteroatoms. The molecular weight excluding hydrogens is 616 g/mol. The molecule has 2 aliphatic heterocycles. The lowest BCUT2D eigenvalue weighted by Gasteiger charge is -2.49. The van der Waals surface area contributed by atoms with E-state index < -0.39 is 52.6 Å². The maximum Gasteiger partial charge on any atom is 0.353 e. The zero-order valence-corrected chi connectivity index (χ0v) is 24.1. The van der Waals surface area contributed by atoms with Crippen molar-refractivity contribution in [2.75, 3.05) is 11.1 Å². The number of nitrogens with zero attached hydrogens (tertiary/aromatic N) is 5. The minimum atomic E-state index is -1.40. The number of tetrazole rings is 1. The lowest BCUT2D eigenvalue weighted by Crippen LogP contribution is -2.71. The first-order valence-corrected chi connectivity index (χ1v) is 14.1. The van der Waals surface area contributed by atoms with Gasteiger partial charge in [-0.2, -0.15) is 0 Å². The van der Waals surface area contributed by atoms with Crippen molar-refractivity contribution in [3.8, 4) is 0 Å². The first-order valence-electron chi connectivity index (χ1n) is 12.6. The van der Waals surface area contributed by atoms with E-state index in [2.05, 4.69) is 36.5 Å². The molecule has 7 N–H and O–H groups in total. The number of nitrogens with two attached hydrogens (primary N) is 1. The number of hydrogen-bond donors (Lipinski definition) is 6. The summed E-state index contributed by atoms with van der Waals surface area (Å²) in [5.74, 6) is -3.56. The van der Waals surface area contributed by atoms with Crippen LogP contribution in [-0.2, 0) is 21.4 Å². The van der Waals surface area contributed by atoms with E-state index in [1.165, 1.54) is 60.2 Å². The number of nitrogens with one attached hydrogen (secondary N) is 4. The molecule has 3 aromatic rings. The second-order valence-corrected chi connectivity index (χ2v) is 10.9. The third-order valence-corrected chi connectivity index (χ3v) is 8.39. The summed E-state index contributed by atoms with van der Waals surface area (Å²) >= 11 is 6.62. The van der Waals surface area contributed by atoms with E-state index in [0.29, 0.717) is 5.69 Å². The van der Waals surface area contributed by atoms with Crippen molar-refractivity contribution < 1.29 is 29.1 Å². The van der Waals surface area contributed by atoms with Crippen LogP contribution in [0.1, 0.15) is 27.8 Å². The van der Waals surface area contributed by atoms with Crippen LogP contribution in [0.4, 0.5) is 10.5 Å². The molecule has 2 unspecified atom stereocenters. The zero-order chi connectivity index (χ0) is 31.7. The molecule has 5 amide bonds. The normalized spacial score (nSPS) is 18.0. The van der Waals surface area contributed by atoms with Gasteiger partial charge in [0.05, 0.1) is 4.86 Å². The predicted octanol–water partition coefficient (Wildman–Crippen LogP) is -0.983. The number of aliphatic carboxylic acids is 1. The molecule has 3 atom stereocenters. The molecule has 0 spiro atoms. The molecule has 5 rings (SSSR count). The second kappa shape index (κ2) is 12.1. The number of thioether (sulfide) groups is 1. The number of pyridine rings is 1. The predicted molar refractivity (Wildman–Crippen MR) is 157 cm³/mol. The molecule has 226 valence electrons. The number of aromatic amines is 1. The lowest BCUT2D eigenvalue weighted by atomic mass is 9.99. The molecule has 17 nitrogen and oxygen atoms in total. The largest absolute Gasteiger partial charge is 0.477 e. The first kappa shape index (κ1) is 30.0. The average molecular weight is 639 g/mol. The van der Waals surface area contributed by atoms with Crippen LogP contribution >= 0.6 is 24.0 Å². The van der Waals surface area contributed by atoms with Gasteiger partial charge in [-0.1, -0.05) is 24.4 Å². The minimum absolute atomic E-state index is 0.0640. The van der Waals surface area contributed by atoms with Crippen LogP contribution in [0, 0.1) is 0 Å². The molecule has 4 heterocycles.